The molecule has 0 saturated carbocycles. The third-order valence-electron chi connectivity index (χ3n) is 2.44. The maximum Gasteiger partial charge on any atom is 0.0855 e. The second-order valence-electron chi connectivity index (χ2n) is 3.65. The fourth-order valence-electron chi connectivity index (χ4n) is 1.47. The molecule has 1 aromatic carbocycles. The summed E-state index contributed by atoms with van der Waals surface area (Å²) in [5.74, 6) is 0. The van der Waals surface area contributed by atoms with Crippen molar-refractivity contribution >= 4 is 70.7 Å². The van der Waals surface area contributed by atoms with Gasteiger partial charge in [-0.2, -0.15) is 0 Å². The highest BCUT2D eigenvalue weighted by Gasteiger charge is 2.17. The lowest BCUT2D eigenvalue weighted by molar-refractivity contribution is 1.14. The molecule has 0 bridgehead atoms. The Morgan fingerprint density at radius 1 is 1.18 bits per heavy atom. The van der Waals surface area contributed by atoms with Gasteiger partial charge in [0.15, 0.2) is 0 Å². The van der Waals surface area contributed by atoms with Crippen LogP contribution in [0.25, 0.3) is 0 Å². The van der Waals surface area contributed by atoms with Gasteiger partial charge in [-0.05, 0) is 62.0 Å². The summed E-state index contributed by atoms with van der Waals surface area (Å²) in [7, 11) is 0. The molecule has 0 amide bonds. The molecule has 0 N–H and O–H groups in total. The largest absolute Gasteiger partial charge is 0.121 e. The minimum Gasteiger partial charge on any atom is -0.121 e. The molecule has 90 valence electrons. The van der Waals surface area contributed by atoms with Crippen molar-refractivity contribution in [3.8, 4) is 0 Å². The molecule has 2 aromatic rings. The number of hydrogen-bond acceptors (Lipinski definition) is 1. The van der Waals surface area contributed by atoms with Crippen LogP contribution >= 0.6 is 70.7 Å². The normalized spacial score (nSPS) is 12.8. The number of thiophene rings is 1. The Morgan fingerprint density at radius 3 is 2.41 bits per heavy atom. The number of alkyl halides is 1. The van der Waals surface area contributed by atoms with Gasteiger partial charge in [0, 0.05) is 10.0 Å². The van der Waals surface area contributed by atoms with Crippen molar-refractivity contribution in [3.63, 3.8) is 0 Å². The predicted molar refractivity (Wildman–Crippen MR) is 86.3 cm³/mol. The molecule has 0 spiro atoms. The quantitative estimate of drug-likeness (QED) is 0.440. The van der Waals surface area contributed by atoms with E-state index in [9.17, 15) is 0 Å². The second kappa shape index (κ2) is 5.74. The fraction of sp³-hybridized carbons (Fsp3) is 0.167. The Balaban J connectivity index is 2.40. The minimum absolute atomic E-state index is 0.135. The molecule has 1 atom stereocenters. The van der Waals surface area contributed by atoms with Gasteiger partial charge in [0.05, 0.1) is 12.9 Å². The summed E-state index contributed by atoms with van der Waals surface area (Å²) in [6, 6.07) is 8.27. The SMILES string of the molecule is Cc1ccc(C(Cl)c2cc(Br)sc2Br)cc1Br. The summed E-state index contributed by atoms with van der Waals surface area (Å²) >= 11 is 18.7. The molecular formula is C12H8Br3ClS. The standard InChI is InChI=1S/C12H8Br3ClS/c1-6-2-3-7(4-9(6)13)11(16)8-5-10(14)17-12(8)15/h2-5,11H,1H3. The molecule has 0 aliphatic rings. The molecule has 1 aromatic heterocycles. The van der Waals surface area contributed by atoms with Gasteiger partial charge in [-0.25, -0.2) is 0 Å². The molecule has 0 fully saturated rings. The summed E-state index contributed by atoms with van der Waals surface area (Å²) < 4.78 is 3.24. The Kier molecular flexibility index (Phi) is 4.75. The van der Waals surface area contributed by atoms with Gasteiger partial charge in [-0.3, -0.25) is 0 Å². The lowest BCUT2D eigenvalue weighted by atomic mass is 10.1. The van der Waals surface area contributed by atoms with Gasteiger partial charge in [-0.15, -0.1) is 22.9 Å². The van der Waals surface area contributed by atoms with Gasteiger partial charge >= 0.3 is 0 Å². The third kappa shape index (κ3) is 3.16. The van der Waals surface area contributed by atoms with Crippen LogP contribution in [0.4, 0.5) is 0 Å². The lowest BCUT2D eigenvalue weighted by Gasteiger charge is -2.10. The van der Waals surface area contributed by atoms with Crippen molar-refractivity contribution in [2.24, 2.45) is 0 Å². The Bertz CT molecular complexity index is 551. The van der Waals surface area contributed by atoms with Crippen molar-refractivity contribution < 1.29 is 0 Å². The van der Waals surface area contributed by atoms with E-state index in [-0.39, 0.29) is 5.38 Å². The van der Waals surface area contributed by atoms with Gasteiger partial charge < -0.3 is 0 Å². The van der Waals surface area contributed by atoms with Crippen LogP contribution in [-0.4, -0.2) is 0 Å². The molecular weight excluding hydrogens is 451 g/mol. The number of rotatable bonds is 2. The lowest BCUT2D eigenvalue weighted by Crippen LogP contribution is -1.92. The van der Waals surface area contributed by atoms with E-state index in [0.717, 1.165) is 23.2 Å². The molecule has 0 radical (unpaired) electrons. The topological polar surface area (TPSA) is 0 Å². The van der Waals surface area contributed by atoms with Crippen molar-refractivity contribution in [1.29, 1.82) is 0 Å². The first-order valence-electron chi connectivity index (χ1n) is 4.84. The smallest absolute Gasteiger partial charge is 0.0855 e. The van der Waals surface area contributed by atoms with Crippen LogP contribution < -0.4 is 0 Å². The van der Waals surface area contributed by atoms with E-state index in [1.807, 2.05) is 0 Å². The molecule has 0 saturated heterocycles. The van der Waals surface area contributed by atoms with Crippen molar-refractivity contribution in [2.75, 3.05) is 0 Å². The van der Waals surface area contributed by atoms with Crippen LogP contribution in [0.3, 0.4) is 0 Å². The van der Waals surface area contributed by atoms with Crippen LogP contribution in [0.15, 0.2) is 36.3 Å². The van der Waals surface area contributed by atoms with Crippen LogP contribution in [0.2, 0.25) is 0 Å². The highest BCUT2D eigenvalue weighted by Crippen LogP contribution is 2.41. The molecule has 0 aliphatic carbocycles. The summed E-state index contributed by atoms with van der Waals surface area (Å²) in [6.45, 7) is 2.06. The second-order valence-corrected chi connectivity index (χ2v) is 8.69. The van der Waals surface area contributed by atoms with Gasteiger partial charge in [0.2, 0.25) is 0 Å². The monoisotopic (exact) mass is 456 g/mol. The van der Waals surface area contributed by atoms with Crippen molar-refractivity contribution in [2.45, 2.75) is 12.3 Å². The summed E-state index contributed by atoms with van der Waals surface area (Å²) in [5.41, 5.74) is 3.40. The van der Waals surface area contributed by atoms with Crippen LogP contribution in [-0.2, 0) is 0 Å². The van der Waals surface area contributed by atoms with Crippen molar-refractivity contribution in [3.05, 3.63) is 53.0 Å². The van der Waals surface area contributed by atoms with E-state index in [2.05, 4.69) is 79.0 Å². The Labute approximate surface area is 135 Å². The molecule has 17 heavy (non-hydrogen) atoms. The third-order valence-corrected chi connectivity index (χ3v) is 6.17. The average molecular weight is 459 g/mol. The number of aryl methyl sites for hydroxylation is 1. The molecule has 0 aliphatic heterocycles. The van der Waals surface area contributed by atoms with Crippen LogP contribution in [0, 0.1) is 6.92 Å². The minimum atomic E-state index is -0.135. The zero-order valence-electron chi connectivity index (χ0n) is 8.81. The van der Waals surface area contributed by atoms with Gasteiger partial charge in [0.25, 0.3) is 0 Å². The molecule has 2 rings (SSSR count). The maximum atomic E-state index is 6.51. The van der Waals surface area contributed by atoms with E-state index in [1.54, 1.807) is 11.3 Å². The zero-order valence-corrected chi connectivity index (χ0v) is 15.1. The van der Waals surface area contributed by atoms with Gasteiger partial charge in [0.1, 0.15) is 0 Å². The zero-order chi connectivity index (χ0) is 12.6. The summed E-state index contributed by atoms with van der Waals surface area (Å²) in [5, 5.41) is -0.135. The van der Waals surface area contributed by atoms with E-state index >= 15 is 0 Å². The first-order valence-corrected chi connectivity index (χ1v) is 8.47. The maximum absolute atomic E-state index is 6.51. The summed E-state index contributed by atoms with van der Waals surface area (Å²) in [6.07, 6.45) is 0. The fourth-order valence-corrected chi connectivity index (χ4v) is 5.28. The molecule has 0 nitrogen and oxygen atoms in total. The number of hydrogen-bond donors (Lipinski definition) is 0. The molecule has 1 heterocycles. The van der Waals surface area contributed by atoms with E-state index < -0.39 is 0 Å². The number of benzene rings is 1. The Morgan fingerprint density at radius 2 is 1.88 bits per heavy atom. The number of halogens is 4. The van der Waals surface area contributed by atoms with Crippen molar-refractivity contribution in [1.82, 2.24) is 0 Å². The average Bonchev–Trinajstić information content (AvgIpc) is 2.61. The molecule has 1 unspecified atom stereocenters. The van der Waals surface area contributed by atoms with Gasteiger partial charge in [-0.1, -0.05) is 28.1 Å². The summed E-state index contributed by atoms with van der Waals surface area (Å²) in [4.78, 5) is 0. The predicted octanol–water partition coefficient (Wildman–Crippen LogP) is 6.67. The van der Waals surface area contributed by atoms with Crippen LogP contribution in [0.1, 0.15) is 22.1 Å². The first-order chi connectivity index (χ1) is 7.99. The van der Waals surface area contributed by atoms with E-state index in [0.29, 0.717) is 0 Å². The van der Waals surface area contributed by atoms with E-state index in [1.165, 1.54) is 5.56 Å². The van der Waals surface area contributed by atoms with Crippen LogP contribution in [0.5, 0.6) is 0 Å². The van der Waals surface area contributed by atoms with E-state index in [4.69, 9.17) is 11.6 Å². The highest BCUT2D eigenvalue weighted by molar-refractivity contribution is 9.12. The molecule has 5 heteroatoms. The first kappa shape index (κ1) is 14.1. The highest BCUT2D eigenvalue weighted by atomic mass is 79.9. The Hall–Kier alpha value is 0.650.